The smallest absolute Gasteiger partial charge is 0.272 e. The molecule has 0 unspecified atom stereocenters. The minimum absolute atomic E-state index is 0.0796. The first-order valence-electron chi connectivity index (χ1n) is 10.0. The number of rotatable bonds is 5. The van der Waals surface area contributed by atoms with Gasteiger partial charge in [-0.1, -0.05) is 27.2 Å². The Labute approximate surface area is 161 Å². The highest BCUT2D eigenvalue weighted by Crippen LogP contribution is 2.39. The third-order valence-corrected chi connectivity index (χ3v) is 5.69. The number of carbonyl (C=O) groups is 1. The SMILES string of the molecule is CCCCc1cc2c(n(N)c1=O)C(C)(C)CN2C(=O)CN1CCN[C@H](C)C1. The summed E-state index contributed by atoms with van der Waals surface area (Å²) in [7, 11) is 0. The molecule has 2 aliphatic rings. The molecule has 1 saturated heterocycles. The van der Waals surface area contributed by atoms with Gasteiger partial charge in [-0.05, 0) is 25.8 Å². The van der Waals surface area contributed by atoms with Gasteiger partial charge in [0.15, 0.2) is 0 Å². The molecule has 0 radical (unpaired) electrons. The first-order valence-corrected chi connectivity index (χ1v) is 10.0. The maximum Gasteiger partial charge on any atom is 0.272 e. The second-order valence-electron chi connectivity index (χ2n) is 8.64. The number of fused-ring (bicyclic) bond motifs is 1. The van der Waals surface area contributed by atoms with Gasteiger partial charge in [-0.25, -0.2) is 4.68 Å². The van der Waals surface area contributed by atoms with E-state index in [2.05, 4.69) is 24.1 Å². The first-order chi connectivity index (χ1) is 12.7. The van der Waals surface area contributed by atoms with E-state index in [9.17, 15) is 9.59 Å². The number of piperazine rings is 1. The van der Waals surface area contributed by atoms with Gasteiger partial charge < -0.3 is 16.1 Å². The molecule has 27 heavy (non-hydrogen) atoms. The Morgan fingerprint density at radius 1 is 1.41 bits per heavy atom. The number of aryl methyl sites for hydroxylation is 1. The van der Waals surface area contributed by atoms with Gasteiger partial charge in [0.1, 0.15) is 0 Å². The second-order valence-corrected chi connectivity index (χ2v) is 8.64. The predicted octanol–water partition coefficient (Wildman–Crippen LogP) is 0.823. The van der Waals surface area contributed by atoms with Gasteiger partial charge in [0, 0.05) is 43.2 Å². The Morgan fingerprint density at radius 2 is 2.15 bits per heavy atom. The number of nitrogens with two attached hydrogens (primary N) is 1. The number of aromatic nitrogens is 1. The standard InChI is InChI=1S/C20H33N5O2/c1-5-6-7-15-10-16-18(25(21)19(15)27)20(3,4)13-24(16)17(26)12-23-9-8-22-14(2)11-23/h10,14,22H,5-9,11-13,21H2,1-4H3/t14-/m1/s1. The van der Waals surface area contributed by atoms with E-state index in [1.165, 1.54) is 4.68 Å². The van der Waals surface area contributed by atoms with Gasteiger partial charge in [0.25, 0.3) is 5.56 Å². The molecule has 0 aliphatic carbocycles. The van der Waals surface area contributed by atoms with Crippen LogP contribution in [0.15, 0.2) is 10.9 Å². The zero-order valence-electron chi connectivity index (χ0n) is 17.0. The molecule has 3 rings (SSSR count). The Morgan fingerprint density at radius 3 is 2.81 bits per heavy atom. The molecule has 3 heterocycles. The van der Waals surface area contributed by atoms with E-state index in [1.54, 1.807) is 0 Å². The number of hydrogen-bond donors (Lipinski definition) is 2. The minimum atomic E-state index is -0.348. The number of amides is 1. The van der Waals surface area contributed by atoms with Crippen molar-refractivity contribution < 1.29 is 4.79 Å². The maximum atomic E-state index is 13.1. The zero-order valence-corrected chi connectivity index (χ0v) is 17.0. The van der Waals surface area contributed by atoms with E-state index in [4.69, 9.17) is 5.84 Å². The number of nitrogens with zero attached hydrogens (tertiary/aromatic N) is 3. The maximum absolute atomic E-state index is 13.1. The highest BCUT2D eigenvalue weighted by Gasteiger charge is 2.41. The van der Waals surface area contributed by atoms with Crippen LogP contribution in [0.3, 0.4) is 0 Å². The molecule has 1 atom stereocenters. The summed E-state index contributed by atoms with van der Waals surface area (Å²) in [6, 6.07) is 2.30. The topological polar surface area (TPSA) is 83.6 Å². The predicted molar refractivity (Wildman–Crippen MR) is 109 cm³/mol. The van der Waals surface area contributed by atoms with Gasteiger partial charge in [-0.15, -0.1) is 0 Å². The molecule has 1 aromatic rings. The number of unbranched alkanes of at least 4 members (excludes halogenated alkanes) is 1. The fraction of sp³-hybridized carbons (Fsp3) is 0.700. The number of hydrogen-bond acceptors (Lipinski definition) is 5. The van der Waals surface area contributed by atoms with Crippen molar-refractivity contribution in [1.82, 2.24) is 14.9 Å². The summed E-state index contributed by atoms with van der Waals surface area (Å²) in [5.74, 6) is 6.27. The van der Waals surface area contributed by atoms with Crippen molar-refractivity contribution in [2.24, 2.45) is 0 Å². The van der Waals surface area contributed by atoms with Crippen molar-refractivity contribution in [2.75, 3.05) is 43.5 Å². The van der Waals surface area contributed by atoms with Crippen LogP contribution in [0, 0.1) is 0 Å². The lowest BCUT2D eigenvalue weighted by molar-refractivity contribution is -0.120. The number of nitrogen functional groups attached to an aromatic ring is 1. The van der Waals surface area contributed by atoms with Crippen molar-refractivity contribution >= 4 is 11.6 Å². The van der Waals surface area contributed by atoms with Gasteiger partial charge >= 0.3 is 0 Å². The summed E-state index contributed by atoms with van der Waals surface area (Å²) in [6.07, 6.45) is 2.64. The van der Waals surface area contributed by atoms with Crippen LogP contribution in [0.25, 0.3) is 0 Å². The van der Waals surface area contributed by atoms with Crippen LogP contribution >= 0.6 is 0 Å². The molecule has 0 bridgehead atoms. The lowest BCUT2D eigenvalue weighted by atomic mass is 9.90. The average molecular weight is 376 g/mol. The van der Waals surface area contributed by atoms with Crippen molar-refractivity contribution in [3.8, 4) is 0 Å². The van der Waals surface area contributed by atoms with Crippen LogP contribution < -0.4 is 21.6 Å². The van der Waals surface area contributed by atoms with Crippen LogP contribution in [0.2, 0.25) is 0 Å². The molecular weight excluding hydrogens is 342 g/mol. The molecule has 2 aliphatic heterocycles. The van der Waals surface area contributed by atoms with Crippen LogP contribution in [-0.2, 0) is 16.6 Å². The zero-order chi connectivity index (χ0) is 19.8. The lowest BCUT2D eigenvalue weighted by Crippen LogP contribution is -2.52. The Balaban J connectivity index is 1.90. The number of pyridine rings is 1. The first kappa shape index (κ1) is 19.9. The monoisotopic (exact) mass is 375 g/mol. The second kappa shape index (κ2) is 7.64. The highest BCUT2D eigenvalue weighted by atomic mass is 16.2. The summed E-state index contributed by atoms with van der Waals surface area (Å²) in [5.41, 5.74) is 1.78. The van der Waals surface area contributed by atoms with Gasteiger partial charge in [0.2, 0.25) is 5.91 Å². The molecule has 3 N–H and O–H groups in total. The minimum Gasteiger partial charge on any atom is -0.336 e. The van der Waals surface area contributed by atoms with Crippen molar-refractivity contribution in [2.45, 2.75) is 58.4 Å². The Bertz CT molecular complexity index is 770. The lowest BCUT2D eigenvalue weighted by Gasteiger charge is -2.32. The molecule has 7 nitrogen and oxygen atoms in total. The van der Waals surface area contributed by atoms with Crippen LogP contribution in [-0.4, -0.2) is 54.2 Å². The van der Waals surface area contributed by atoms with Gasteiger partial charge in [-0.3, -0.25) is 14.5 Å². The summed E-state index contributed by atoms with van der Waals surface area (Å²) in [4.78, 5) is 29.8. The molecule has 0 aromatic carbocycles. The molecule has 1 aromatic heterocycles. The molecule has 0 saturated carbocycles. The van der Waals surface area contributed by atoms with E-state index in [0.29, 0.717) is 31.1 Å². The molecular formula is C20H33N5O2. The van der Waals surface area contributed by atoms with Crippen molar-refractivity contribution in [3.05, 3.63) is 27.7 Å². The number of carbonyl (C=O) groups excluding carboxylic acids is 1. The molecule has 1 amide bonds. The molecule has 7 heteroatoms. The Kier molecular flexibility index (Phi) is 5.63. The molecule has 0 spiro atoms. The Hall–Kier alpha value is -1.86. The van der Waals surface area contributed by atoms with E-state index >= 15 is 0 Å². The van der Waals surface area contributed by atoms with Gasteiger partial charge in [0.05, 0.1) is 17.9 Å². The fourth-order valence-electron chi connectivity index (χ4n) is 4.31. The quantitative estimate of drug-likeness (QED) is 0.745. The van der Waals surface area contributed by atoms with E-state index in [-0.39, 0.29) is 16.9 Å². The number of nitrogens with one attached hydrogen (secondary N) is 1. The normalized spacial score (nSPS) is 22.1. The average Bonchev–Trinajstić information content (AvgIpc) is 2.88. The fourth-order valence-corrected chi connectivity index (χ4v) is 4.31. The van der Waals surface area contributed by atoms with E-state index in [1.807, 2.05) is 24.8 Å². The summed E-state index contributed by atoms with van der Waals surface area (Å²) in [6.45, 7) is 11.9. The van der Waals surface area contributed by atoms with E-state index < -0.39 is 0 Å². The van der Waals surface area contributed by atoms with E-state index in [0.717, 1.165) is 43.9 Å². The highest BCUT2D eigenvalue weighted by molar-refractivity contribution is 5.97. The third-order valence-electron chi connectivity index (χ3n) is 5.69. The third kappa shape index (κ3) is 3.89. The molecule has 150 valence electrons. The van der Waals surface area contributed by atoms with Crippen molar-refractivity contribution in [1.29, 1.82) is 0 Å². The molecule has 1 fully saturated rings. The van der Waals surface area contributed by atoms with Crippen LogP contribution in [0.5, 0.6) is 0 Å². The largest absolute Gasteiger partial charge is 0.336 e. The number of anilines is 1. The summed E-state index contributed by atoms with van der Waals surface area (Å²) in [5, 5.41) is 3.40. The van der Waals surface area contributed by atoms with Gasteiger partial charge in [-0.2, -0.15) is 0 Å². The van der Waals surface area contributed by atoms with Crippen molar-refractivity contribution in [3.63, 3.8) is 0 Å². The summed E-state index contributed by atoms with van der Waals surface area (Å²) < 4.78 is 1.28. The summed E-state index contributed by atoms with van der Waals surface area (Å²) >= 11 is 0. The van der Waals surface area contributed by atoms with Crippen LogP contribution in [0.1, 0.15) is 51.8 Å². The van der Waals surface area contributed by atoms with Crippen LogP contribution in [0.4, 0.5) is 5.69 Å².